The molecule has 40 heavy (non-hydrogen) atoms. The number of hydrogen-bond acceptors (Lipinski definition) is 5. The number of benzene rings is 2. The van der Waals surface area contributed by atoms with Gasteiger partial charge in [-0.3, -0.25) is 14.5 Å². The summed E-state index contributed by atoms with van der Waals surface area (Å²) in [5.74, 6) is 0.227. The minimum atomic E-state index is -0.961. The quantitative estimate of drug-likeness (QED) is 0.536. The number of fused-ring (bicyclic) bond motifs is 5. The molecule has 3 fully saturated rings. The number of piperidine rings is 1. The minimum Gasteiger partial charge on any atom is -0.444 e. The van der Waals surface area contributed by atoms with Crippen LogP contribution in [0.2, 0.25) is 0 Å². The van der Waals surface area contributed by atoms with E-state index in [0.717, 1.165) is 12.0 Å². The summed E-state index contributed by atoms with van der Waals surface area (Å²) in [6.07, 6.45) is 0.250. The number of anilines is 1. The Morgan fingerprint density at radius 2 is 1.80 bits per heavy atom. The average molecular weight is 547 g/mol. The van der Waals surface area contributed by atoms with Crippen LogP contribution in [0, 0.1) is 40.8 Å². The molecule has 210 valence electrons. The van der Waals surface area contributed by atoms with Gasteiger partial charge in [0.25, 0.3) is 0 Å². The lowest BCUT2D eigenvalue weighted by Gasteiger charge is -2.35. The average Bonchev–Trinajstić information content (AvgIpc) is 3.22. The number of hydrogen-bond donors (Lipinski definition) is 2. The molecule has 2 aliphatic carbocycles. The van der Waals surface area contributed by atoms with Crippen molar-refractivity contribution in [2.75, 3.05) is 5.32 Å². The standard InChI is InChI=1S/C31H35FN4O4/c1-16-26-23-14-25(27(16)26)36(30(39)40-31(3,4)5)28(23)29(38)35-22(15-33)12-20-7-6-19(13-24(20)32)18-8-10-21(11-9-18)34-17(2)37/h6-11,13,16,22-23,25-28H,12,14H2,1-5H3,(H,34,37)(H,35,38)/t16-,22-,23+,25-,26?,27?,28-/m0/s1. The van der Waals surface area contributed by atoms with E-state index in [1.807, 2.05) is 0 Å². The Hall–Kier alpha value is -3.93. The number of nitrogens with one attached hydrogen (secondary N) is 2. The first-order chi connectivity index (χ1) is 18.9. The lowest BCUT2D eigenvalue weighted by molar-refractivity contribution is -0.128. The van der Waals surface area contributed by atoms with E-state index >= 15 is 4.39 Å². The highest BCUT2D eigenvalue weighted by atomic mass is 19.1. The van der Waals surface area contributed by atoms with Gasteiger partial charge in [-0.2, -0.15) is 5.26 Å². The molecule has 5 rings (SSSR count). The number of halogens is 1. The fourth-order valence-corrected chi connectivity index (χ4v) is 6.78. The Balaban J connectivity index is 1.28. The number of nitrogens with zero attached hydrogens (tertiary/aromatic N) is 2. The van der Waals surface area contributed by atoms with E-state index in [1.165, 1.54) is 13.0 Å². The second-order valence-electron chi connectivity index (χ2n) is 12.3. The van der Waals surface area contributed by atoms with Crippen LogP contribution in [0.3, 0.4) is 0 Å². The summed E-state index contributed by atoms with van der Waals surface area (Å²) in [6.45, 7) is 8.97. The molecule has 0 aromatic heterocycles. The summed E-state index contributed by atoms with van der Waals surface area (Å²) in [5, 5.41) is 15.3. The fraction of sp³-hybridized carbons (Fsp3) is 0.484. The number of likely N-dealkylation sites (tertiary alicyclic amines) is 1. The summed E-state index contributed by atoms with van der Waals surface area (Å²) in [6, 6.07) is 12.2. The SMILES string of the molecule is CC(=O)Nc1ccc(-c2ccc(C[C@@H](C#N)NC(=O)[C@@H]3[C@@H]4C[C@@H](C5C4[C@@H]5C)N3C(=O)OC(C)(C)C)c(F)c2)cc1. The third-order valence-electron chi connectivity index (χ3n) is 8.39. The molecule has 3 amide bonds. The molecule has 1 aliphatic heterocycles. The molecule has 9 heteroatoms. The van der Waals surface area contributed by atoms with Crippen molar-refractivity contribution in [2.24, 2.45) is 23.7 Å². The number of ether oxygens (including phenoxy) is 1. The van der Waals surface area contributed by atoms with Gasteiger partial charge in [0.2, 0.25) is 11.8 Å². The summed E-state index contributed by atoms with van der Waals surface area (Å²) < 4.78 is 20.8. The van der Waals surface area contributed by atoms with Gasteiger partial charge in [-0.05, 0) is 85.8 Å². The molecule has 7 atom stereocenters. The molecule has 2 bridgehead atoms. The van der Waals surface area contributed by atoms with Crippen LogP contribution in [-0.4, -0.2) is 46.5 Å². The van der Waals surface area contributed by atoms with Gasteiger partial charge in [0.05, 0.1) is 6.07 Å². The number of amides is 3. The Bertz CT molecular complexity index is 1380. The molecule has 1 saturated heterocycles. The van der Waals surface area contributed by atoms with Crippen LogP contribution >= 0.6 is 0 Å². The largest absolute Gasteiger partial charge is 0.444 e. The molecule has 0 spiro atoms. The Morgan fingerprint density at radius 3 is 2.40 bits per heavy atom. The van der Waals surface area contributed by atoms with Crippen LogP contribution in [-0.2, 0) is 20.7 Å². The Morgan fingerprint density at radius 1 is 1.12 bits per heavy atom. The summed E-state index contributed by atoms with van der Waals surface area (Å²) >= 11 is 0. The number of rotatable bonds is 6. The molecule has 0 radical (unpaired) electrons. The maximum atomic E-state index is 15.1. The van der Waals surface area contributed by atoms with Crippen molar-refractivity contribution in [2.45, 2.75) is 71.2 Å². The van der Waals surface area contributed by atoms with Crippen molar-refractivity contribution in [3.63, 3.8) is 0 Å². The second-order valence-corrected chi connectivity index (χ2v) is 12.3. The normalized spacial score (nSPS) is 26.9. The van der Waals surface area contributed by atoms with Crippen LogP contribution in [0.15, 0.2) is 42.5 Å². The van der Waals surface area contributed by atoms with Gasteiger partial charge >= 0.3 is 6.09 Å². The van der Waals surface area contributed by atoms with Crippen LogP contribution in [0.1, 0.15) is 46.6 Å². The molecular weight excluding hydrogens is 511 g/mol. The number of nitriles is 1. The maximum Gasteiger partial charge on any atom is 0.411 e. The second kappa shape index (κ2) is 10.2. The van der Waals surface area contributed by atoms with Gasteiger partial charge in [-0.1, -0.05) is 31.2 Å². The summed E-state index contributed by atoms with van der Waals surface area (Å²) in [7, 11) is 0. The monoisotopic (exact) mass is 546 g/mol. The molecular formula is C31H35FN4O4. The van der Waals surface area contributed by atoms with Crippen molar-refractivity contribution in [1.82, 2.24) is 10.2 Å². The predicted molar refractivity (Wildman–Crippen MR) is 147 cm³/mol. The highest BCUT2D eigenvalue weighted by Crippen LogP contribution is 2.67. The lowest BCUT2D eigenvalue weighted by Crippen LogP contribution is -2.56. The van der Waals surface area contributed by atoms with E-state index in [9.17, 15) is 19.6 Å². The topological polar surface area (TPSA) is 112 Å². The van der Waals surface area contributed by atoms with E-state index in [2.05, 4.69) is 23.6 Å². The summed E-state index contributed by atoms with van der Waals surface area (Å²) in [4.78, 5) is 39.5. The van der Waals surface area contributed by atoms with Crippen molar-refractivity contribution in [3.8, 4) is 17.2 Å². The van der Waals surface area contributed by atoms with E-state index in [-0.39, 0.29) is 24.3 Å². The van der Waals surface area contributed by atoms with E-state index in [1.54, 1.807) is 62.1 Å². The zero-order valence-corrected chi connectivity index (χ0v) is 23.4. The maximum absolute atomic E-state index is 15.1. The zero-order valence-electron chi connectivity index (χ0n) is 23.4. The third kappa shape index (κ3) is 5.27. The number of carbonyl (C=O) groups excluding carboxylic acids is 3. The van der Waals surface area contributed by atoms with Crippen LogP contribution < -0.4 is 10.6 Å². The first-order valence-corrected chi connectivity index (χ1v) is 13.8. The molecule has 8 nitrogen and oxygen atoms in total. The van der Waals surface area contributed by atoms with Crippen LogP contribution in [0.4, 0.5) is 14.9 Å². The van der Waals surface area contributed by atoms with E-state index in [4.69, 9.17) is 4.74 Å². The smallest absolute Gasteiger partial charge is 0.411 e. The Kier molecular flexibility index (Phi) is 7.07. The van der Waals surface area contributed by atoms with Gasteiger partial charge < -0.3 is 15.4 Å². The fourth-order valence-electron chi connectivity index (χ4n) is 6.78. The van der Waals surface area contributed by atoms with Crippen LogP contribution in [0.5, 0.6) is 0 Å². The molecule has 2 aromatic rings. The number of carbonyl (C=O) groups is 3. The highest BCUT2D eigenvalue weighted by molar-refractivity contribution is 5.89. The molecule has 2 saturated carbocycles. The van der Waals surface area contributed by atoms with Gasteiger partial charge in [-0.25, -0.2) is 9.18 Å². The molecule has 1 heterocycles. The van der Waals surface area contributed by atoms with Crippen molar-refractivity contribution >= 4 is 23.6 Å². The minimum absolute atomic E-state index is 0.00840. The highest BCUT2D eigenvalue weighted by Gasteiger charge is 2.71. The molecule has 2 aromatic carbocycles. The van der Waals surface area contributed by atoms with Gasteiger partial charge in [0.15, 0.2) is 0 Å². The van der Waals surface area contributed by atoms with E-state index in [0.29, 0.717) is 34.6 Å². The first-order valence-electron chi connectivity index (χ1n) is 13.8. The molecule has 2 unspecified atom stereocenters. The summed E-state index contributed by atoms with van der Waals surface area (Å²) in [5.41, 5.74) is 1.68. The van der Waals surface area contributed by atoms with Gasteiger partial charge in [0.1, 0.15) is 23.5 Å². The van der Waals surface area contributed by atoms with Crippen LogP contribution in [0.25, 0.3) is 11.1 Å². The van der Waals surface area contributed by atoms with E-state index < -0.39 is 35.5 Å². The van der Waals surface area contributed by atoms with Gasteiger partial charge in [-0.15, -0.1) is 0 Å². The van der Waals surface area contributed by atoms with Gasteiger partial charge in [0, 0.05) is 25.1 Å². The Labute approximate surface area is 233 Å². The predicted octanol–water partition coefficient (Wildman–Crippen LogP) is 4.89. The third-order valence-corrected chi connectivity index (χ3v) is 8.39. The molecule has 3 aliphatic rings. The molecule has 2 N–H and O–H groups in total. The first kappa shape index (κ1) is 27.6. The lowest BCUT2D eigenvalue weighted by atomic mass is 9.94. The van der Waals surface area contributed by atoms with Crippen molar-refractivity contribution in [1.29, 1.82) is 5.26 Å². The zero-order chi connectivity index (χ0) is 28.9. The van der Waals surface area contributed by atoms with Crippen molar-refractivity contribution in [3.05, 3.63) is 53.8 Å². The van der Waals surface area contributed by atoms with Crippen molar-refractivity contribution < 1.29 is 23.5 Å².